The van der Waals surface area contributed by atoms with Crippen LogP contribution in [0.15, 0.2) is 39.7 Å². The van der Waals surface area contributed by atoms with E-state index in [1.54, 1.807) is 0 Å². The van der Waals surface area contributed by atoms with Gasteiger partial charge in [0.15, 0.2) is 0 Å². The third kappa shape index (κ3) is 1.42. The van der Waals surface area contributed by atoms with Gasteiger partial charge in [0, 0.05) is 18.0 Å². The molecule has 0 spiro atoms. The van der Waals surface area contributed by atoms with Crippen LogP contribution in [0.2, 0.25) is 0 Å². The van der Waals surface area contributed by atoms with Gasteiger partial charge in [-0.1, -0.05) is 0 Å². The average molecular weight is 209 g/mol. The molecular weight excluding hydrogens is 202 g/mol. The minimum Gasteiger partial charge on any atom is -0.508 e. The van der Waals surface area contributed by atoms with E-state index in [0.29, 0.717) is 5.56 Å². The summed E-state index contributed by atoms with van der Waals surface area (Å²) in [6, 6.07) is 4.06. The van der Waals surface area contributed by atoms with Crippen molar-refractivity contribution in [1.82, 2.24) is 0 Å². The van der Waals surface area contributed by atoms with E-state index in [4.69, 9.17) is 0 Å². The molecule has 1 N–H and O–H groups in total. The number of nitrogens with zero attached hydrogens (tertiary/aromatic N) is 1. The largest absolute Gasteiger partial charge is 0.508 e. The van der Waals surface area contributed by atoms with Gasteiger partial charge in [0.05, 0.1) is 10.3 Å². The third-order valence-corrected chi connectivity index (χ3v) is 3.30. The predicted molar refractivity (Wildman–Crippen MR) is 52.0 cm³/mol. The fourth-order valence-electron chi connectivity index (χ4n) is 1.21. The summed E-state index contributed by atoms with van der Waals surface area (Å²) in [6.07, 6.45) is 2.61. The first-order valence-electron chi connectivity index (χ1n) is 3.87. The SMILES string of the molecule is O=S1(=O)C=CN=Cc2cc(O)ccc21. The summed E-state index contributed by atoms with van der Waals surface area (Å²) >= 11 is 0. The molecule has 1 aliphatic heterocycles. The Morgan fingerprint density at radius 2 is 2.07 bits per heavy atom. The van der Waals surface area contributed by atoms with Gasteiger partial charge in [-0.05, 0) is 18.2 Å². The number of benzene rings is 1. The van der Waals surface area contributed by atoms with Gasteiger partial charge in [0.1, 0.15) is 5.75 Å². The first-order chi connectivity index (χ1) is 6.59. The van der Waals surface area contributed by atoms with Crippen molar-refractivity contribution < 1.29 is 13.5 Å². The number of sulfone groups is 1. The van der Waals surface area contributed by atoms with Crippen LogP contribution < -0.4 is 0 Å². The molecule has 0 amide bonds. The van der Waals surface area contributed by atoms with Crippen LogP contribution in [-0.4, -0.2) is 19.7 Å². The van der Waals surface area contributed by atoms with E-state index >= 15 is 0 Å². The number of phenolic OH excluding ortho intramolecular Hbond substituents is 1. The smallest absolute Gasteiger partial charge is 0.201 e. The molecule has 1 aliphatic rings. The van der Waals surface area contributed by atoms with Crippen LogP contribution in [0.1, 0.15) is 5.56 Å². The summed E-state index contributed by atoms with van der Waals surface area (Å²) in [6.45, 7) is 0. The fraction of sp³-hybridized carbons (Fsp3) is 0. The van der Waals surface area contributed by atoms with E-state index < -0.39 is 9.84 Å². The second-order valence-corrected chi connectivity index (χ2v) is 4.63. The molecule has 0 aromatic heterocycles. The molecule has 72 valence electrons. The van der Waals surface area contributed by atoms with Gasteiger partial charge in [-0.25, -0.2) is 8.42 Å². The molecule has 0 saturated carbocycles. The first kappa shape index (κ1) is 8.96. The number of hydrogen-bond donors (Lipinski definition) is 1. The van der Waals surface area contributed by atoms with Crippen molar-refractivity contribution >= 4 is 16.1 Å². The maximum absolute atomic E-state index is 11.6. The molecule has 2 rings (SSSR count). The quantitative estimate of drug-likeness (QED) is 0.695. The predicted octanol–water partition coefficient (Wildman–Crippen LogP) is 1.07. The molecule has 0 aliphatic carbocycles. The molecule has 1 aromatic rings. The summed E-state index contributed by atoms with van der Waals surface area (Å²) in [4.78, 5) is 3.91. The molecule has 1 heterocycles. The molecule has 0 atom stereocenters. The molecule has 0 fully saturated rings. The highest BCUT2D eigenvalue weighted by Gasteiger charge is 2.16. The molecule has 14 heavy (non-hydrogen) atoms. The van der Waals surface area contributed by atoms with Gasteiger partial charge in [-0.15, -0.1) is 0 Å². The van der Waals surface area contributed by atoms with Crippen molar-refractivity contribution in [2.75, 3.05) is 0 Å². The molecule has 5 heteroatoms. The summed E-state index contributed by atoms with van der Waals surface area (Å²) in [5, 5.41) is 10.2. The highest BCUT2D eigenvalue weighted by Crippen LogP contribution is 2.22. The summed E-state index contributed by atoms with van der Waals surface area (Å²) in [5.41, 5.74) is 0.398. The number of hydrogen-bond acceptors (Lipinski definition) is 4. The second-order valence-electron chi connectivity index (χ2n) is 2.83. The highest BCUT2D eigenvalue weighted by molar-refractivity contribution is 7.94. The van der Waals surface area contributed by atoms with E-state index in [1.807, 2.05) is 0 Å². The maximum Gasteiger partial charge on any atom is 0.201 e. The Bertz CT molecular complexity index is 529. The Morgan fingerprint density at radius 3 is 2.86 bits per heavy atom. The lowest BCUT2D eigenvalue weighted by atomic mass is 10.2. The maximum atomic E-state index is 11.6. The Hall–Kier alpha value is -1.62. The number of rotatable bonds is 0. The van der Waals surface area contributed by atoms with E-state index in [2.05, 4.69) is 4.99 Å². The van der Waals surface area contributed by atoms with Crippen molar-refractivity contribution in [3.63, 3.8) is 0 Å². The molecule has 0 saturated heterocycles. The fourth-order valence-corrected chi connectivity index (χ4v) is 2.28. The van der Waals surface area contributed by atoms with Crippen molar-refractivity contribution in [3.8, 4) is 5.75 Å². The first-order valence-corrected chi connectivity index (χ1v) is 5.42. The van der Waals surface area contributed by atoms with Gasteiger partial charge in [0.2, 0.25) is 9.84 Å². The van der Waals surface area contributed by atoms with Gasteiger partial charge < -0.3 is 5.11 Å². The molecule has 1 aromatic carbocycles. The number of fused-ring (bicyclic) bond motifs is 1. The van der Waals surface area contributed by atoms with Crippen molar-refractivity contribution in [2.45, 2.75) is 4.90 Å². The lowest BCUT2D eigenvalue weighted by Crippen LogP contribution is -1.99. The second kappa shape index (κ2) is 2.95. The van der Waals surface area contributed by atoms with Crippen molar-refractivity contribution in [3.05, 3.63) is 35.4 Å². The van der Waals surface area contributed by atoms with Crippen LogP contribution in [0.25, 0.3) is 0 Å². The minimum atomic E-state index is -3.41. The van der Waals surface area contributed by atoms with Crippen LogP contribution in [0, 0.1) is 0 Å². The lowest BCUT2D eigenvalue weighted by molar-refractivity contribution is 0.474. The van der Waals surface area contributed by atoms with Crippen LogP contribution >= 0.6 is 0 Å². The van der Waals surface area contributed by atoms with E-state index in [0.717, 1.165) is 5.41 Å². The number of aliphatic imine (C=N–C) groups is 1. The summed E-state index contributed by atoms with van der Waals surface area (Å²) in [7, 11) is -3.41. The van der Waals surface area contributed by atoms with Gasteiger partial charge in [0.25, 0.3) is 0 Å². The standard InChI is InChI=1S/C9H7NO3S/c11-8-1-2-9-7(5-8)6-10-3-4-14(9,12)13/h1-6,11H. The van der Waals surface area contributed by atoms with Crippen LogP contribution in [0.4, 0.5) is 0 Å². The number of phenols is 1. The zero-order valence-corrected chi connectivity index (χ0v) is 7.90. The van der Waals surface area contributed by atoms with Gasteiger partial charge in [-0.2, -0.15) is 0 Å². The molecular formula is C9H7NO3S. The Balaban J connectivity index is 2.78. The van der Waals surface area contributed by atoms with Gasteiger partial charge >= 0.3 is 0 Å². The zero-order valence-electron chi connectivity index (χ0n) is 7.08. The normalized spacial score (nSPS) is 17.4. The zero-order chi connectivity index (χ0) is 10.2. The van der Waals surface area contributed by atoms with Crippen molar-refractivity contribution in [2.24, 2.45) is 4.99 Å². The summed E-state index contributed by atoms with van der Waals surface area (Å²) in [5.74, 6) is 0.0206. The molecule has 0 bridgehead atoms. The van der Waals surface area contributed by atoms with Crippen LogP contribution in [0.3, 0.4) is 0 Å². The molecule has 0 radical (unpaired) electrons. The monoisotopic (exact) mass is 209 g/mol. The van der Waals surface area contributed by atoms with E-state index in [9.17, 15) is 13.5 Å². The van der Waals surface area contributed by atoms with Crippen molar-refractivity contribution in [1.29, 1.82) is 0 Å². The minimum absolute atomic E-state index is 0.0206. The topological polar surface area (TPSA) is 66.7 Å². The Morgan fingerprint density at radius 1 is 1.29 bits per heavy atom. The Labute approximate surface area is 81.1 Å². The van der Waals surface area contributed by atoms with E-state index in [1.165, 1.54) is 30.6 Å². The number of aromatic hydroxyl groups is 1. The highest BCUT2D eigenvalue weighted by atomic mass is 32.2. The third-order valence-electron chi connectivity index (χ3n) is 1.84. The van der Waals surface area contributed by atoms with Gasteiger partial charge in [-0.3, -0.25) is 4.99 Å². The van der Waals surface area contributed by atoms with Crippen LogP contribution in [-0.2, 0) is 9.84 Å². The van der Waals surface area contributed by atoms with Crippen LogP contribution in [0.5, 0.6) is 5.75 Å². The average Bonchev–Trinajstić information content (AvgIpc) is 2.25. The molecule has 4 nitrogen and oxygen atoms in total. The summed E-state index contributed by atoms with van der Waals surface area (Å²) < 4.78 is 23.1. The molecule has 0 unspecified atom stereocenters. The van der Waals surface area contributed by atoms with E-state index in [-0.39, 0.29) is 10.6 Å². The Kier molecular flexibility index (Phi) is 1.89. The lowest BCUT2D eigenvalue weighted by Gasteiger charge is -2.02.